The van der Waals surface area contributed by atoms with Gasteiger partial charge in [0.2, 0.25) is 0 Å². The molecule has 1 rings (SSSR count). The van der Waals surface area contributed by atoms with Gasteiger partial charge in [0.1, 0.15) is 5.40 Å². The molecule has 0 fully saturated rings. The number of hydrogen-bond donors (Lipinski definition) is 0. The number of nitrogens with zero attached hydrogens (tertiary/aromatic N) is 1. The van der Waals surface area contributed by atoms with Crippen LogP contribution in [0.1, 0.15) is 46.6 Å². The molecule has 1 aromatic rings. The predicted molar refractivity (Wildman–Crippen MR) is 81.6 cm³/mol. The minimum Gasteiger partial charge on any atom is -0.185 e. The molecule has 0 aromatic heterocycles. The van der Waals surface area contributed by atoms with Gasteiger partial charge in [0.25, 0.3) is 0 Å². The molecule has 0 spiro atoms. The third kappa shape index (κ3) is 6.12. The van der Waals surface area contributed by atoms with Crippen molar-refractivity contribution in [2.75, 3.05) is 0 Å². The molecule has 0 bridgehead atoms. The molecule has 0 aliphatic rings. The Bertz CT molecular complexity index is 348. The molecule has 2 heteroatoms. The van der Waals surface area contributed by atoms with E-state index in [0.717, 1.165) is 23.2 Å². The van der Waals surface area contributed by atoms with Gasteiger partial charge in [-0.1, -0.05) is 53.2 Å². The Morgan fingerprint density at radius 1 is 1.17 bits per heavy atom. The molecule has 1 aromatic carbocycles. The maximum absolute atomic E-state index is 8.56. The molecular weight excluding hydrogens is 238 g/mol. The van der Waals surface area contributed by atoms with Gasteiger partial charge in [0, 0.05) is 4.90 Å². The van der Waals surface area contributed by atoms with Crippen LogP contribution in [0, 0.1) is 22.5 Å². The zero-order valence-corrected chi connectivity index (χ0v) is 13.1. The van der Waals surface area contributed by atoms with Gasteiger partial charge in [-0.3, -0.25) is 0 Å². The zero-order chi connectivity index (χ0) is 14.0. The summed E-state index contributed by atoms with van der Waals surface area (Å²) in [5, 5.41) is 10.6. The highest BCUT2D eigenvalue weighted by molar-refractivity contribution is 8.03. The van der Waals surface area contributed by atoms with Crippen molar-refractivity contribution >= 4 is 11.8 Å². The largest absolute Gasteiger partial charge is 0.185 e. The van der Waals surface area contributed by atoms with Crippen LogP contribution in [0.4, 0.5) is 0 Å². The summed E-state index contributed by atoms with van der Waals surface area (Å²) in [7, 11) is 0. The number of benzene rings is 1. The van der Waals surface area contributed by atoms with Gasteiger partial charge in [-0.25, -0.2) is 0 Å². The normalized spacial score (nSPS) is 11.4. The molecule has 100 valence electrons. The van der Waals surface area contributed by atoms with E-state index in [4.69, 9.17) is 5.26 Å². The highest BCUT2D eigenvalue weighted by Crippen LogP contribution is 2.22. The summed E-state index contributed by atoms with van der Waals surface area (Å²) in [5.41, 5.74) is 1.38. The van der Waals surface area contributed by atoms with Crippen LogP contribution in [-0.2, 0) is 6.42 Å². The molecule has 0 radical (unpaired) electrons. The van der Waals surface area contributed by atoms with Gasteiger partial charge in [0.05, 0.1) is 0 Å². The van der Waals surface area contributed by atoms with E-state index in [1.807, 2.05) is 26.0 Å². The van der Waals surface area contributed by atoms with Crippen molar-refractivity contribution in [1.29, 1.82) is 5.26 Å². The summed E-state index contributed by atoms with van der Waals surface area (Å²) in [6.45, 7) is 10.8. The number of thioether (sulfide) groups is 1. The van der Waals surface area contributed by atoms with Gasteiger partial charge in [0.15, 0.2) is 0 Å². The lowest BCUT2D eigenvalue weighted by Gasteiger charge is -2.18. The third-order valence-corrected chi connectivity index (χ3v) is 3.65. The van der Waals surface area contributed by atoms with Crippen molar-refractivity contribution in [2.45, 2.75) is 52.4 Å². The average molecular weight is 263 g/mol. The number of thiocyanates is 1. The predicted octanol–water partition coefficient (Wildman–Crippen LogP) is 5.51. The van der Waals surface area contributed by atoms with Crippen LogP contribution >= 0.6 is 11.8 Å². The van der Waals surface area contributed by atoms with Crippen LogP contribution in [-0.4, -0.2) is 0 Å². The summed E-state index contributed by atoms with van der Waals surface area (Å²) in [4.78, 5) is 1.03. The van der Waals surface area contributed by atoms with Crippen LogP contribution in [0.3, 0.4) is 0 Å². The molecule has 0 N–H and O–H groups in total. The molecule has 1 unspecified atom stereocenters. The maximum Gasteiger partial charge on any atom is 0.138 e. The first kappa shape index (κ1) is 17.1. The first-order chi connectivity index (χ1) is 8.67. The summed E-state index contributed by atoms with van der Waals surface area (Å²) in [5.74, 6) is 1.49. The fourth-order valence-electron chi connectivity index (χ4n) is 1.90. The lowest BCUT2D eigenvalue weighted by atomic mass is 9.87. The van der Waals surface area contributed by atoms with Crippen LogP contribution in [0.25, 0.3) is 0 Å². The summed E-state index contributed by atoms with van der Waals surface area (Å²) < 4.78 is 0. The third-order valence-electron chi connectivity index (χ3n) is 3.05. The van der Waals surface area contributed by atoms with E-state index in [1.54, 1.807) is 0 Å². The second-order valence-electron chi connectivity index (χ2n) is 4.45. The van der Waals surface area contributed by atoms with E-state index in [2.05, 4.69) is 38.3 Å². The van der Waals surface area contributed by atoms with E-state index >= 15 is 0 Å². The molecular formula is C16H25NS. The summed E-state index contributed by atoms with van der Waals surface area (Å²) in [6.07, 6.45) is 2.37. The number of nitriles is 1. The van der Waals surface area contributed by atoms with Crippen LogP contribution in [0.5, 0.6) is 0 Å². The topological polar surface area (TPSA) is 23.8 Å². The second kappa shape index (κ2) is 10.0. The Morgan fingerprint density at radius 3 is 2.11 bits per heavy atom. The quantitative estimate of drug-likeness (QED) is 0.516. The average Bonchev–Trinajstić information content (AvgIpc) is 2.40. The van der Waals surface area contributed by atoms with Crippen molar-refractivity contribution in [3.05, 3.63) is 29.8 Å². The highest BCUT2D eigenvalue weighted by atomic mass is 32.2. The zero-order valence-electron chi connectivity index (χ0n) is 12.2. The monoisotopic (exact) mass is 263 g/mol. The SMILES string of the molecule is CC.CCC(Cc1ccc(SC#N)cc1)C(C)C. The fraction of sp³-hybridized carbons (Fsp3) is 0.562. The molecule has 0 heterocycles. The molecule has 0 aliphatic heterocycles. The molecule has 0 aliphatic carbocycles. The first-order valence-corrected chi connectivity index (χ1v) is 7.63. The Morgan fingerprint density at radius 2 is 1.72 bits per heavy atom. The Kier molecular flexibility index (Phi) is 9.50. The smallest absolute Gasteiger partial charge is 0.138 e. The fourth-order valence-corrected chi connectivity index (χ4v) is 2.28. The minimum atomic E-state index is 0.734. The number of hydrogen-bond acceptors (Lipinski definition) is 2. The number of rotatable bonds is 5. The lowest BCUT2D eigenvalue weighted by Crippen LogP contribution is -2.10. The van der Waals surface area contributed by atoms with Crippen molar-refractivity contribution in [1.82, 2.24) is 0 Å². The first-order valence-electron chi connectivity index (χ1n) is 6.82. The Hall–Kier alpha value is -0.940. The molecule has 0 saturated carbocycles. The van der Waals surface area contributed by atoms with Gasteiger partial charge in [-0.05, 0) is 47.7 Å². The van der Waals surface area contributed by atoms with E-state index in [-0.39, 0.29) is 0 Å². The van der Waals surface area contributed by atoms with Crippen LogP contribution in [0.2, 0.25) is 0 Å². The molecule has 0 amide bonds. The van der Waals surface area contributed by atoms with Crippen LogP contribution in [0.15, 0.2) is 29.2 Å². The molecule has 1 nitrogen and oxygen atoms in total. The summed E-state index contributed by atoms with van der Waals surface area (Å²) in [6, 6.07) is 8.36. The van der Waals surface area contributed by atoms with E-state index in [1.165, 1.54) is 23.7 Å². The van der Waals surface area contributed by atoms with Crippen molar-refractivity contribution in [3.8, 4) is 5.40 Å². The highest BCUT2D eigenvalue weighted by Gasteiger charge is 2.11. The van der Waals surface area contributed by atoms with Gasteiger partial charge in [-0.2, -0.15) is 5.26 Å². The van der Waals surface area contributed by atoms with Crippen LogP contribution < -0.4 is 0 Å². The maximum atomic E-state index is 8.56. The Labute approximate surface area is 117 Å². The van der Waals surface area contributed by atoms with E-state index in [9.17, 15) is 0 Å². The van der Waals surface area contributed by atoms with Crippen molar-refractivity contribution < 1.29 is 0 Å². The Balaban J connectivity index is 0.00000137. The lowest BCUT2D eigenvalue weighted by molar-refractivity contribution is 0.371. The molecule has 0 saturated heterocycles. The summed E-state index contributed by atoms with van der Waals surface area (Å²) >= 11 is 1.22. The minimum absolute atomic E-state index is 0.734. The second-order valence-corrected chi connectivity index (χ2v) is 5.31. The van der Waals surface area contributed by atoms with E-state index < -0.39 is 0 Å². The molecule has 1 atom stereocenters. The molecule has 18 heavy (non-hydrogen) atoms. The van der Waals surface area contributed by atoms with Crippen molar-refractivity contribution in [2.24, 2.45) is 11.8 Å². The standard InChI is InChI=1S/C14H19NS.C2H6/c1-4-13(11(2)3)9-12-5-7-14(8-6-12)16-10-15;1-2/h5-8,11,13H,4,9H2,1-3H3;1-2H3. The van der Waals surface area contributed by atoms with Gasteiger partial charge >= 0.3 is 0 Å². The van der Waals surface area contributed by atoms with Gasteiger partial charge in [-0.15, -0.1) is 0 Å². The van der Waals surface area contributed by atoms with E-state index in [0.29, 0.717) is 0 Å². The van der Waals surface area contributed by atoms with Gasteiger partial charge < -0.3 is 0 Å². The van der Waals surface area contributed by atoms with Crippen molar-refractivity contribution in [3.63, 3.8) is 0 Å².